The molecule has 1 amide bonds. The number of morpholine rings is 1. The first-order valence-corrected chi connectivity index (χ1v) is 7.50. The van der Waals surface area contributed by atoms with Crippen LogP contribution in [0.25, 0.3) is 0 Å². The van der Waals surface area contributed by atoms with Gasteiger partial charge in [-0.15, -0.1) is 0 Å². The number of nitrogens with one attached hydrogen (secondary N) is 1. The first-order chi connectivity index (χ1) is 9.29. The molecule has 2 rings (SSSR count). The molecule has 0 saturated carbocycles. The van der Waals surface area contributed by atoms with Crippen LogP contribution in [-0.4, -0.2) is 62.4 Å². The van der Waals surface area contributed by atoms with Gasteiger partial charge >= 0.3 is 0 Å². The Morgan fingerprint density at radius 1 is 1.53 bits per heavy atom. The predicted octanol–water partition coefficient (Wildman–Crippen LogP) is 0.783. The van der Waals surface area contributed by atoms with Crippen LogP contribution in [0.3, 0.4) is 0 Å². The molecule has 2 saturated heterocycles. The maximum Gasteiger partial charge on any atom is 0.224 e. The second-order valence-electron chi connectivity index (χ2n) is 5.40. The quantitative estimate of drug-likeness (QED) is 0.802. The van der Waals surface area contributed by atoms with Crippen LogP contribution in [0, 0.1) is 0 Å². The zero-order valence-electron chi connectivity index (χ0n) is 11.9. The standard InChI is InChI=1S/C14H26N2O3/c1-2-7-19-13-4-3-6-16(10-13)14(17)9-12-11-18-8-5-15-12/h12-13,15H,2-11H2,1H3. The Balaban J connectivity index is 1.74. The Labute approximate surface area is 115 Å². The zero-order valence-corrected chi connectivity index (χ0v) is 11.9. The van der Waals surface area contributed by atoms with Crippen molar-refractivity contribution in [2.45, 2.75) is 44.8 Å². The van der Waals surface area contributed by atoms with E-state index in [0.29, 0.717) is 13.0 Å². The fraction of sp³-hybridized carbons (Fsp3) is 0.929. The molecule has 19 heavy (non-hydrogen) atoms. The van der Waals surface area contributed by atoms with Crippen molar-refractivity contribution in [3.8, 4) is 0 Å². The summed E-state index contributed by atoms with van der Waals surface area (Å²) in [6, 6.07) is 0.179. The van der Waals surface area contributed by atoms with E-state index < -0.39 is 0 Å². The average molecular weight is 270 g/mol. The number of amides is 1. The zero-order chi connectivity index (χ0) is 13.5. The van der Waals surface area contributed by atoms with E-state index in [2.05, 4.69) is 12.2 Å². The van der Waals surface area contributed by atoms with Crippen molar-refractivity contribution in [2.24, 2.45) is 0 Å². The highest BCUT2D eigenvalue weighted by atomic mass is 16.5. The lowest BCUT2D eigenvalue weighted by atomic mass is 10.1. The lowest BCUT2D eigenvalue weighted by molar-refractivity contribution is -0.136. The number of hydrogen-bond donors (Lipinski definition) is 1. The number of ether oxygens (including phenoxy) is 2. The number of rotatable bonds is 5. The molecule has 0 bridgehead atoms. The molecule has 0 radical (unpaired) electrons. The highest BCUT2D eigenvalue weighted by Crippen LogP contribution is 2.15. The number of piperidine rings is 1. The minimum atomic E-state index is 0.179. The van der Waals surface area contributed by atoms with Crippen LogP contribution in [-0.2, 0) is 14.3 Å². The molecule has 2 aliphatic heterocycles. The fourth-order valence-electron chi connectivity index (χ4n) is 2.68. The third-order valence-electron chi connectivity index (χ3n) is 3.71. The number of carbonyl (C=O) groups excluding carboxylic acids is 1. The molecular weight excluding hydrogens is 244 g/mol. The van der Waals surface area contributed by atoms with Gasteiger partial charge in [0.1, 0.15) is 0 Å². The minimum Gasteiger partial charge on any atom is -0.378 e. The lowest BCUT2D eigenvalue weighted by Gasteiger charge is -2.34. The van der Waals surface area contributed by atoms with Crippen LogP contribution in [0.4, 0.5) is 0 Å². The van der Waals surface area contributed by atoms with Crippen molar-refractivity contribution in [3.05, 3.63) is 0 Å². The summed E-state index contributed by atoms with van der Waals surface area (Å²) >= 11 is 0. The smallest absolute Gasteiger partial charge is 0.224 e. The summed E-state index contributed by atoms with van der Waals surface area (Å²) < 4.78 is 11.2. The number of nitrogens with zero attached hydrogens (tertiary/aromatic N) is 1. The molecular formula is C14H26N2O3. The van der Waals surface area contributed by atoms with Gasteiger partial charge in [0.05, 0.1) is 19.3 Å². The third kappa shape index (κ3) is 4.75. The van der Waals surface area contributed by atoms with Crippen LogP contribution >= 0.6 is 0 Å². The van der Waals surface area contributed by atoms with Gasteiger partial charge in [-0.2, -0.15) is 0 Å². The van der Waals surface area contributed by atoms with Gasteiger partial charge in [-0.3, -0.25) is 4.79 Å². The van der Waals surface area contributed by atoms with E-state index in [0.717, 1.165) is 52.1 Å². The Kier molecular flexibility index (Phi) is 6.07. The van der Waals surface area contributed by atoms with Gasteiger partial charge in [0, 0.05) is 38.7 Å². The normalized spacial score (nSPS) is 28.4. The topological polar surface area (TPSA) is 50.8 Å². The SMILES string of the molecule is CCCOC1CCCN(C(=O)CC2COCCN2)C1. The highest BCUT2D eigenvalue weighted by Gasteiger charge is 2.26. The maximum atomic E-state index is 12.3. The molecule has 2 heterocycles. The second-order valence-corrected chi connectivity index (χ2v) is 5.40. The molecule has 1 N–H and O–H groups in total. The van der Waals surface area contributed by atoms with Crippen molar-refractivity contribution >= 4 is 5.91 Å². The van der Waals surface area contributed by atoms with Crippen molar-refractivity contribution < 1.29 is 14.3 Å². The van der Waals surface area contributed by atoms with Crippen LogP contribution in [0.2, 0.25) is 0 Å². The summed E-state index contributed by atoms with van der Waals surface area (Å²) in [7, 11) is 0. The maximum absolute atomic E-state index is 12.3. The van der Waals surface area contributed by atoms with E-state index in [9.17, 15) is 4.79 Å². The van der Waals surface area contributed by atoms with E-state index in [4.69, 9.17) is 9.47 Å². The average Bonchev–Trinajstić information content (AvgIpc) is 2.46. The van der Waals surface area contributed by atoms with Crippen molar-refractivity contribution in [1.29, 1.82) is 0 Å². The van der Waals surface area contributed by atoms with Crippen LogP contribution < -0.4 is 5.32 Å². The molecule has 5 nitrogen and oxygen atoms in total. The van der Waals surface area contributed by atoms with Crippen LogP contribution in [0.1, 0.15) is 32.6 Å². The van der Waals surface area contributed by atoms with Crippen molar-refractivity contribution in [2.75, 3.05) is 39.5 Å². The van der Waals surface area contributed by atoms with E-state index >= 15 is 0 Å². The molecule has 0 aliphatic carbocycles. The molecule has 0 aromatic carbocycles. The summed E-state index contributed by atoms with van der Waals surface area (Å²) in [5.41, 5.74) is 0. The van der Waals surface area contributed by atoms with Gasteiger partial charge in [-0.25, -0.2) is 0 Å². The molecule has 0 aromatic heterocycles. The molecule has 5 heteroatoms. The number of hydrogen-bond acceptors (Lipinski definition) is 4. The second kappa shape index (κ2) is 7.82. The van der Waals surface area contributed by atoms with Gasteiger partial charge in [0.15, 0.2) is 0 Å². The summed E-state index contributed by atoms with van der Waals surface area (Å²) in [6.07, 6.45) is 3.94. The van der Waals surface area contributed by atoms with E-state index in [1.54, 1.807) is 0 Å². The third-order valence-corrected chi connectivity index (χ3v) is 3.71. The Bertz CT molecular complexity index is 280. The van der Waals surface area contributed by atoms with Gasteiger partial charge in [0.2, 0.25) is 5.91 Å². The number of carbonyl (C=O) groups is 1. The van der Waals surface area contributed by atoms with E-state index in [1.807, 2.05) is 4.90 Å². The van der Waals surface area contributed by atoms with Gasteiger partial charge in [-0.1, -0.05) is 6.92 Å². The summed E-state index contributed by atoms with van der Waals surface area (Å²) in [4.78, 5) is 14.2. The summed E-state index contributed by atoms with van der Waals surface area (Å²) in [6.45, 7) is 6.78. The first-order valence-electron chi connectivity index (χ1n) is 7.50. The molecule has 2 aliphatic rings. The molecule has 2 atom stereocenters. The highest BCUT2D eigenvalue weighted by molar-refractivity contribution is 5.77. The predicted molar refractivity (Wildman–Crippen MR) is 73.1 cm³/mol. The van der Waals surface area contributed by atoms with Gasteiger partial charge < -0.3 is 19.7 Å². The first kappa shape index (κ1) is 14.8. The summed E-state index contributed by atoms with van der Waals surface area (Å²) in [5.74, 6) is 0.229. The molecule has 0 spiro atoms. The van der Waals surface area contributed by atoms with Gasteiger partial charge in [-0.05, 0) is 19.3 Å². The number of likely N-dealkylation sites (tertiary alicyclic amines) is 1. The lowest BCUT2D eigenvalue weighted by Crippen LogP contribution is -2.48. The fourth-order valence-corrected chi connectivity index (χ4v) is 2.68. The van der Waals surface area contributed by atoms with E-state index in [1.165, 1.54) is 0 Å². The Morgan fingerprint density at radius 3 is 3.16 bits per heavy atom. The van der Waals surface area contributed by atoms with Crippen LogP contribution in [0.15, 0.2) is 0 Å². The van der Waals surface area contributed by atoms with E-state index in [-0.39, 0.29) is 18.1 Å². The minimum absolute atomic E-state index is 0.179. The van der Waals surface area contributed by atoms with Crippen molar-refractivity contribution in [3.63, 3.8) is 0 Å². The molecule has 2 fully saturated rings. The Morgan fingerprint density at radius 2 is 2.42 bits per heavy atom. The largest absolute Gasteiger partial charge is 0.378 e. The molecule has 0 aromatic rings. The Hall–Kier alpha value is -0.650. The molecule has 110 valence electrons. The monoisotopic (exact) mass is 270 g/mol. The van der Waals surface area contributed by atoms with Crippen LogP contribution in [0.5, 0.6) is 0 Å². The van der Waals surface area contributed by atoms with Gasteiger partial charge in [0.25, 0.3) is 0 Å². The summed E-state index contributed by atoms with van der Waals surface area (Å²) in [5, 5.41) is 3.33. The molecule has 2 unspecified atom stereocenters. The van der Waals surface area contributed by atoms with Crippen molar-refractivity contribution in [1.82, 2.24) is 10.2 Å².